The predicted octanol–water partition coefficient (Wildman–Crippen LogP) is 2.10. The number of nitrogens with two attached hydrogens (primary N) is 1. The molecule has 0 saturated carbocycles. The minimum Gasteiger partial charge on any atom is -0.497 e. The Kier molecular flexibility index (Phi) is 3.85. The Morgan fingerprint density at radius 1 is 1.50 bits per heavy atom. The Bertz CT molecular complexity index is 582. The fourth-order valence-corrected chi connectivity index (χ4v) is 2.38. The second kappa shape index (κ2) is 5.28. The topological polar surface area (TPSA) is 68.9 Å². The fraction of sp³-hybridized carbons (Fsp3) is 0.429. The Morgan fingerprint density at radius 2 is 2.20 bits per heavy atom. The lowest BCUT2D eigenvalue weighted by molar-refractivity contribution is 0.110. The van der Waals surface area contributed by atoms with Gasteiger partial charge in [-0.25, -0.2) is 0 Å². The normalized spacial score (nSPS) is 18.1. The third-order valence-corrected chi connectivity index (χ3v) is 3.17. The zero-order valence-electron chi connectivity index (χ0n) is 12.1. The lowest BCUT2D eigenvalue weighted by Gasteiger charge is -2.34. The first-order valence-electron chi connectivity index (χ1n) is 6.32. The molecule has 1 aliphatic rings. The minimum absolute atomic E-state index is 0.148. The van der Waals surface area contributed by atoms with Crippen molar-refractivity contribution in [3.05, 3.63) is 23.3 Å². The molecule has 20 heavy (non-hydrogen) atoms. The van der Waals surface area contributed by atoms with Crippen LogP contribution in [0.3, 0.4) is 0 Å². The number of methoxy groups -OCH3 is 1. The summed E-state index contributed by atoms with van der Waals surface area (Å²) in [5, 5.41) is 4.46. The molecule has 0 aromatic heterocycles. The van der Waals surface area contributed by atoms with E-state index in [1.807, 2.05) is 32.9 Å². The Balaban J connectivity index is 2.53. The van der Waals surface area contributed by atoms with Crippen LogP contribution < -0.4 is 20.6 Å². The first kappa shape index (κ1) is 14.6. The summed E-state index contributed by atoms with van der Waals surface area (Å²) in [5.74, 6) is 1.53. The standard InChI is InChI=1S/C14H19N3O2S/c1-8-5-9(18-4)6-11-12(8)10(16-17-13(15)20)7-14(2,3)19-11/h5-6H,7H2,1-4H3,(H3,15,17,20). The number of thiocarbonyl (C=S) groups is 1. The molecular formula is C14H19N3O2S. The monoisotopic (exact) mass is 293 g/mol. The zero-order chi connectivity index (χ0) is 14.9. The summed E-state index contributed by atoms with van der Waals surface area (Å²) in [6.07, 6.45) is 0.669. The third-order valence-electron chi connectivity index (χ3n) is 3.08. The lowest BCUT2D eigenvalue weighted by Crippen LogP contribution is -2.38. The molecule has 0 amide bonds. The van der Waals surface area contributed by atoms with E-state index in [0.29, 0.717) is 6.42 Å². The van der Waals surface area contributed by atoms with Gasteiger partial charge in [0.2, 0.25) is 0 Å². The number of hydrogen-bond acceptors (Lipinski definition) is 4. The van der Waals surface area contributed by atoms with Crippen LogP contribution in [-0.2, 0) is 0 Å². The van der Waals surface area contributed by atoms with Gasteiger partial charge in [-0.1, -0.05) is 0 Å². The Hall–Kier alpha value is -1.82. The van der Waals surface area contributed by atoms with Crippen molar-refractivity contribution in [1.82, 2.24) is 5.43 Å². The molecule has 1 aromatic rings. The van der Waals surface area contributed by atoms with E-state index < -0.39 is 0 Å². The number of nitrogens with zero attached hydrogens (tertiary/aromatic N) is 1. The molecule has 1 aliphatic heterocycles. The Labute approximate surface area is 124 Å². The number of hydrogen-bond donors (Lipinski definition) is 2. The van der Waals surface area contributed by atoms with E-state index in [1.54, 1.807) is 7.11 Å². The molecule has 2 rings (SSSR count). The van der Waals surface area contributed by atoms with Gasteiger partial charge in [0.15, 0.2) is 5.11 Å². The molecule has 0 radical (unpaired) electrons. The molecule has 0 saturated heterocycles. The van der Waals surface area contributed by atoms with Gasteiger partial charge in [-0.15, -0.1) is 0 Å². The first-order chi connectivity index (χ1) is 9.32. The van der Waals surface area contributed by atoms with Crippen LogP contribution in [0.4, 0.5) is 0 Å². The molecule has 0 bridgehead atoms. The van der Waals surface area contributed by atoms with Crippen LogP contribution in [0, 0.1) is 6.92 Å². The van der Waals surface area contributed by atoms with Crippen molar-refractivity contribution in [2.75, 3.05) is 7.11 Å². The third kappa shape index (κ3) is 3.01. The van der Waals surface area contributed by atoms with E-state index in [1.165, 1.54) is 0 Å². The molecule has 3 N–H and O–H groups in total. The van der Waals surface area contributed by atoms with E-state index in [-0.39, 0.29) is 10.7 Å². The van der Waals surface area contributed by atoms with Crippen molar-refractivity contribution >= 4 is 23.0 Å². The highest BCUT2D eigenvalue weighted by Gasteiger charge is 2.32. The second-order valence-corrected chi connectivity index (χ2v) is 5.83. The fourth-order valence-electron chi connectivity index (χ4n) is 2.33. The predicted molar refractivity (Wildman–Crippen MR) is 83.5 cm³/mol. The highest BCUT2D eigenvalue weighted by atomic mass is 32.1. The van der Waals surface area contributed by atoms with Gasteiger partial charge in [0.1, 0.15) is 17.1 Å². The largest absolute Gasteiger partial charge is 0.497 e. The summed E-state index contributed by atoms with van der Waals surface area (Å²) < 4.78 is 11.3. The molecule has 1 heterocycles. The number of aryl methyl sites for hydroxylation is 1. The van der Waals surface area contributed by atoms with Gasteiger partial charge in [0.05, 0.1) is 12.8 Å². The number of ether oxygens (including phenoxy) is 2. The van der Waals surface area contributed by atoms with E-state index in [4.69, 9.17) is 27.4 Å². The van der Waals surface area contributed by atoms with Crippen LogP contribution in [0.1, 0.15) is 31.4 Å². The second-order valence-electron chi connectivity index (χ2n) is 5.39. The molecule has 0 fully saturated rings. The van der Waals surface area contributed by atoms with Crippen molar-refractivity contribution in [3.8, 4) is 11.5 Å². The van der Waals surface area contributed by atoms with E-state index in [9.17, 15) is 0 Å². The summed E-state index contributed by atoms with van der Waals surface area (Å²) in [6, 6.07) is 3.83. The quantitative estimate of drug-likeness (QED) is 0.645. The minimum atomic E-state index is -0.345. The molecule has 0 aliphatic carbocycles. The first-order valence-corrected chi connectivity index (χ1v) is 6.73. The highest BCUT2D eigenvalue weighted by Crippen LogP contribution is 2.38. The summed E-state index contributed by atoms with van der Waals surface area (Å²) >= 11 is 4.80. The molecule has 1 aromatic carbocycles. The van der Waals surface area contributed by atoms with Gasteiger partial charge in [-0.3, -0.25) is 5.43 Å². The lowest BCUT2D eigenvalue weighted by atomic mass is 9.90. The van der Waals surface area contributed by atoms with E-state index in [0.717, 1.165) is 28.3 Å². The zero-order valence-corrected chi connectivity index (χ0v) is 12.9. The number of fused-ring (bicyclic) bond motifs is 1. The van der Waals surface area contributed by atoms with Gasteiger partial charge in [0, 0.05) is 18.1 Å². The molecule has 0 unspecified atom stereocenters. The Morgan fingerprint density at radius 3 is 2.80 bits per heavy atom. The molecule has 5 nitrogen and oxygen atoms in total. The molecule has 108 valence electrons. The van der Waals surface area contributed by atoms with Crippen molar-refractivity contribution in [2.24, 2.45) is 10.8 Å². The molecule has 0 atom stereocenters. The summed E-state index contributed by atoms with van der Waals surface area (Å²) in [6.45, 7) is 6.03. The number of nitrogens with one attached hydrogen (secondary N) is 1. The molecule has 0 spiro atoms. The summed E-state index contributed by atoms with van der Waals surface area (Å²) in [5.41, 5.74) is 10.6. The van der Waals surface area contributed by atoms with Crippen LogP contribution in [0.5, 0.6) is 11.5 Å². The van der Waals surface area contributed by atoms with Crippen LogP contribution in [-0.4, -0.2) is 23.5 Å². The van der Waals surface area contributed by atoms with Crippen LogP contribution >= 0.6 is 12.2 Å². The van der Waals surface area contributed by atoms with Crippen molar-refractivity contribution < 1.29 is 9.47 Å². The van der Waals surface area contributed by atoms with Gasteiger partial charge >= 0.3 is 0 Å². The van der Waals surface area contributed by atoms with Gasteiger partial charge in [0.25, 0.3) is 0 Å². The van der Waals surface area contributed by atoms with Gasteiger partial charge in [-0.05, 0) is 44.6 Å². The average molecular weight is 293 g/mol. The van der Waals surface area contributed by atoms with Crippen LogP contribution in [0.15, 0.2) is 17.2 Å². The number of hydrazone groups is 1. The summed E-state index contributed by atoms with van der Waals surface area (Å²) in [4.78, 5) is 0. The molecular weight excluding hydrogens is 274 g/mol. The van der Waals surface area contributed by atoms with Crippen LogP contribution in [0.2, 0.25) is 0 Å². The van der Waals surface area contributed by atoms with E-state index >= 15 is 0 Å². The van der Waals surface area contributed by atoms with Gasteiger partial charge in [-0.2, -0.15) is 5.10 Å². The maximum atomic E-state index is 6.03. The van der Waals surface area contributed by atoms with Crippen molar-refractivity contribution in [2.45, 2.75) is 32.8 Å². The smallest absolute Gasteiger partial charge is 0.184 e. The number of benzene rings is 1. The maximum absolute atomic E-state index is 6.03. The average Bonchev–Trinajstić information content (AvgIpc) is 2.33. The highest BCUT2D eigenvalue weighted by molar-refractivity contribution is 7.80. The van der Waals surface area contributed by atoms with Crippen molar-refractivity contribution in [1.29, 1.82) is 0 Å². The van der Waals surface area contributed by atoms with Gasteiger partial charge < -0.3 is 15.2 Å². The van der Waals surface area contributed by atoms with Crippen LogP contribution in [0.25, 0.3) is 0 Å². The molecule has 6 heteroatoms. The summed E-state index contributed by atoms with van der Waals surface area (Å²) in [7, 11) is 1.64. The SMILES string of the molecule is COc1cc(C)c2c(c1)OC(C)(C)CC2=NNC(N)=S. The maximum Gasteiger partial charge on any atom is 0.184 e. The number of rotatable bonds is 2. The van der Waals surface area contributed by atoms with Crippen molar-refractivity contribution in [3.63, 3.8) is 0 Å². The van der Waals surface area contributed by atoms with E-state index in [2.05, 4.69) is 10.5 Å².